The van der Waals surface area contributed by atoms with Crippen LogP contribution in [-0.2, 0) is 11.3 Å². The number of carbonyl (C=O) groups is 1. The van der Waals surface area contributed by atoms with Crippen LogP contribution in [0, 0.1) is 0 Å². The molecule has 0 fully saturated rings. The van der Waals surface area contributed by atoms with Gasteiger partial charge >= 0.3 is 4.87 Å². The van der Waals surface area contributed by atoms with E-state index in [1.165, 1.54) is 9.47 Å². The topological polar surface area (TPSA) is 42.3 Å². The molecule has 1 amide bonds. The van der Waals surface area contributed by atoms with E-state index in [0.717, 1.165) is 11.3 Å². The standard InChI is InChI=1S/C7H10N2O2S/c1-8(2)6(10)5-9-3-4-12-7(9)11/h3-4H,5H2,1-2H3. The summed E-state index contributed by atoms with van der Waals surface area (Å²) in [5, 5.41) is 1.67. The van der Waals surface area contributed by atoms with Crippen LogP contribution < -0.4 is 4.87 Å². The number of carbonyl (C=O) groups excluding carboxylic acids is 1. The van der Waals surface area contributed by atoms with E-state index in [9.17, 15) is 9.59 Å². The van der Waals surface area contributed by atoms with E-state index in [0.29, 0.717) is 0 Å². The minimum atomic E-state index is -0.0924. The molecule has 0 aliphatic rings. The summed E-state index contributed by atoms with van der Waals surface area (Å²) in [6.45, 7) is 0.134. The first-order chi connectivity index (χ1) is 5.61. The highest BCUT2D eigenvalue weighted by atomic mass is 32.1. The molecule has 0 atom stereocenters. The summed E-state index contributed by atoms with van der Waals surface area (Å²) in [5.74, 6) is -0.0736. The molecule has 0 unspecified atom stereocenters. The molecule has 0 aliphatic heterocycles. The van der Waals surface area contributed by atoms with Crippen molar-refractivity contribution in [3.05, 3.63) is 21.2 Å². The van der Waals surface area contributed by atoms with Gasteiger partial charge in [-0.05, 0) is 0 Å². The first-order valence-electron chi connectivity index (χ1n) is 3.45. The van der Waals surface area contributed by atoms with Crippen molar-refractivity contribution in [2.75, 3.05) is 14.1 Å². The van der Waals surface area contributed by atoms with Crippen molar-refractivity contribution in [2.45, 2.75) is 6.54 Å². The minimum Gasteiger partial charge on any atom is -0.347 e. The molecular formula is C7H10N2O2S. The molecule has 1 aromatic heterocycles. The van der Waals surface area contributed by atoms with Gasteiger partial charge < -0.3 is 4.90 Å². The highest BCUT2D eigenvalue weighted by molar-refractivity contribution is 7.07. The molecule has 0 aliphatic carbocycles. The third-order valence-electron chi connectivity index (χ3n) is 1.45. The maximum Gasteiger partial charge on any atom is 0.307 e. The number of thiazole rings is 1. The Bertz CT molecular complexity index is 326. The fourth-order valence-electron chi connectivity index (χ4n) is 0.695. The Balaban J connectivity index is 2.71. The van der Waals surface area contributed by atoms with E-state index in [1.54, 1.807) is 25.7 Å². The normalized spacial score (nSPS) is 9.83. The molecule has 4 nitrogen and oxygen atoms in total. The van der Waals surface area contributed by atoms with Crippen molar-refractivity contribution in [2.24, 2.45) is 0 Å². The number of nitrogens with zero attached hydrogens (tertiary/aromatic N) is 2. The third kappa shape index (κ3) is 1.94. The van der Waals surface area contributed by atoms with E-state index >= 15 is 0 Å². The lowest BCUT2D eigenvalue weighted by Crippen LogP contribution is -2.29. The van der Waals surface area contributed by atoms with Gasteiger partial charge in [-0.1, -0.05) is 11.3 Å². The van der Waals surface area contributed by atoms with E-state index in [4.69, 9.17) is 0 Å². The van der Waals surface area contributed by atoms with Crippen LogP contribution in [0.3, 0.4) is 0 Å². The molecule has 1 aromatic rings. The van der Waals surface area contributed by atoms with Crippen LogP contribution in [0.2, 0.25) is 0 Å². The van der Waals surface area contributed by atoms with Gasteiger partial charge in [0, 0.05) is 25.7 Å². The summed E-state index contributed by atoms with van der Waals surface area (Å²) in [6, 6.07) is 0. The van der Waals surface area contributed by atoms with Gasteiger partial charge in [-0.25, -0.2) is 0 Å². The fourth-order valence-corrected chi connectivity index (χ4v) is 1.28. The average molecular weight is 186 g/mol. The van der Waals surface area contributed by atoms with E-state index < -0.39 is 0 Å². The number of likely N-dealkylation sites (N-methyl/N-ethyl adjacent to an activating group) is 1. The molecular weight excluding hydrogens is 176 g/mol. The Morgan fingerprint density at radius 2 is 2.33 bits per heavy atom. The van der Waals surface area contributed by atoms with Gasteiger partial charge in [-0.2, -0.15) is 0 Å². The van der Waals surface area contributed by atoms with Gasteiger partial charge in [0.15, 0.2) is 0 Å². The van der Waals surface area contributed by atoms with Crippen molar-refractivity contribution in [1.82, 2.24) is 9.47 Å². The number of rotatable bonds is 2. The van der Waals surface area contributed by atoms with E-state index in [1.807, 2.05) is 0 Å². The largest absolute Gasteiger partial charge is 0.347 e. The van der Waals surface area contributed by atoms with Crippen LogP contribution in [0.15, 0.2) is 16.4 Å². The van der Waals surface area contributed by atoms with Gasteiger partial charge in [0.2, 0.25) is 5.91 Å². The molecule has 0 aromatic carbocycles. The lowest BCUT2D eigenvalue weighted by Gasteiger charge is -2.09. The van der Waals surface area contributed by atoms with Gasteiger partial charge in [0.05, 0.1) is 0 Å². The van der Waals surface area contributed by atoms with Crippen molar-refractivity contribution < 1.29 is 4.79 Å². The Labute approximate surface area is 74.0 Å². The third-order valence-corrected chi connectivity index (χ3v) is 2.14. The Hall–Kier alpha value is -1.10. The van der Waals surface area contributed by atoms with Crippen molar-refractivity contribution >= 4 is 17.2 Å². The summed E-state index contributed by atoms with van der Waals surface area (Å²) in [6.07, 6.45) is 1.62. The number of hydrogen-bond donors (Lipinski definition) is 0. The first-order valence-corrected chi connectivity index (χ1v) is 4.33. The van der Waals surface area contributed by atoms with E-state index in [2.05, 4.69) is 0 Å². The first kappa shape index (κ1) is 8.99. The summed E-state index contributed by atoms with van der Waals surface area (Å²) in [5.41, 5.74) is 0. The molecule has 12 heavy (non-hydrogen) atoms. The lowest BCUT2D eigenvalue weighted by molar-refractivity contribution is -0.129. The maximum atomic E-state index is 11.1. The van der Waals surface area contributed by atoms with Gasteiger partial charge in [0.1, 0.15) is 6.54 Å². The Morgan fingerprint density at radius 1 is 1.67 bits per heavy atom. The van der Waals surface area contributed by atoms with Crippen molar-refractivity contribution in [3.63, 3.8) is 0 Å². The molecule has 0 bridgehead atoms. The average Bonchev–Trinajstić information content (AvgIpc) is 2.36. The molecule has 66 valence electrons. The SMILES string of the molecule is CN(C)C(=O)Cn1ccsc1=O. The Kier molecular flexibility index (Phi) is 2.65. The smallest absolute Gasteiger partial charge is 0.307 e. The highest BCUT2D eigenvalue weighted by Gasteiger charge is 2.05. The van der Waals surface area contributed by atoms with Crippen molar-refractivity contribution in [3.8, 4) is 0 Å². The number of hydrogen-bond acceptors (Lipinski definition) is 3. The van der Waals surface area contributed by atoms with Gasteiger partial charge in [0.25, 0.3) is 0 Å². The second kappa shape index (κ2) is 3.53. The Morgan fingerprint density at radius 3 is 2.75 bits per heavy atom. The predicted molar refractivity (Wildman–Crippen MR) is 47.3 cm³/mol. The van der Waals surface area contributed by atoms with E-state index in [-0.39, 0.29) is 17.3 Å². The zero-order valence-electron chi connectivity index (χ0n) is 6.98. The zero-order valence-corrected chi connectivity index (χ0v) is 7.80. The fraction of sp³-hybridized carbons (Fsp3) is 0.429. The molecule has 0 saturated carbocycles. The monoisotopic (exact) mass is 186 g/mol. The van der Waals surface area contributed by atoms with Gasteiger partial charge in [-0.15, -0.1) is 0 Å². The van der Waals surface area contributed by atoms with Crippen LogP contribution >= 0.6 is 11.3 Å². The summed E-state index contributed by atoms with van der Waals surface area (Å²) < 4.78 is 1.40. The zero-order chi connectivity index (χ0) is 9.14. The second-order valence-electron chi connectivity index (χ2n) is 2.58. The highest BCUT2D eigenvalue weighted by Crippen LogP contribution is 1.90. The van der Waals surface area contributed by atoms with Crippen LogP contribution in [0.5, 0.6) is 0 Å². The van der Waals surface area contributed by atoms with Crippen molar-refractivity contribution in [1.29, 1.82) is 0 Å². The van der Waals surface area contributed by atoms with Crippen LogP contribution in [0.25, 0.3) is 0 Å². The minimum absolute atomic E-state index is 0.0736. The molecule has 0 N–H and O–H groups in total. The molecule has 0 saturated heterocycles. The molecule has 0 radical (unpaired) electrons. The lowest BCUT2D eigenvalue weighted by atomic mass is 10.5. The quantitative estimate of drug-likeness (QED) is 0.652. The second-order valence-corrected chi connectivity index (χ2v) is 3.44. The summed E-state index contributed by atoms with van der Waals surface area (Å²) in [4.78, 5) is 23.5. The van der Waals surface area contributed by atoms with Crippen LogP contribution in [0.4, 0.5) is 0 Å². The summed E-state index contributed by atoms with van der Waals surface area (Å²) in [7, 11) is 3.33. The predicted octanol–water partition coefficient (Wildman–Crippen LogP) is -0.00200. The number of aromatic nitrogens is 1. The molecule has 5 heteroatoms. The molecule has 1 heterocycles. The molecule has 0 spiro atoms. The number of amides is 1. The summed E-state index contributed by atoms with van der Waals surface area (Å²) >= 11 is 1.09. The van der Waals surface area contributed by atoms with Gasteiger partial charge in [-0.3, -0.25) is 14.2 Å². The van der Waals surface area contributed by atoms with Crippen LogP contribution in [0.1, 0.15) is 0 Å². The molecule has 1 rings (SSSR count). The maximum absolute atomic E-state index is 11.1. The van der Waals surface area contributed by atoms with Crippen LogP contribution in [-0.4, -0.2) is 29.5 Å².